The van der Waals surface area contributed by atoms with Gasteiger partial charge in [0, 0.05) is 40.6 Å². The summed E-state index contributed by atoms with van der Waals surface area (Å²) in [6.07, 6.45) is 3.30. The summed E-state index contributed by atoms with van der Waals surface area (Å²) in [5.74, 6) is 0.418. The Morgan fingerprint density at radius 1 is 0.870 bits per heavy atom. The smallest absolute Gasteiger partial charge is 0.124 e. The molecule has 2 aromatic carbocycles. The summed E-state index contributed by atoms with van der Waals surface area (Å²) in [5, 5.41) is 19.4. The molecule has 0 unspecified atom stereocenters. The number of phenols is 2. The van der Waals surface area contributed by atoms with Crippen molar-refractivity contribution in [1.82, 2.24) is 0 Å². The number of nitrogens with zero attached hydrogens (tertiary/aromatic N) is 2. The molecule has 23 heavy (non-hydrogen) atoms. The Balaban J connectivity index is 0.00000264. The molecule has 0 bridgehead atoms. The molecule has 1 radical (unpaired) electrons. The van der Waals surface area contributed by atoms with Gasteiger partial charge >= 0.3 is 0 Å². The van der Waals surface area contributed by atoms with Gasteiger partial charge in [0.05, 0.1) is 12.1 Å². The maximum atomic E-state index is 9.71. The quantitative estimate of drug-likeness (QED) is 0.634. The van der Waals surface area contributed by atoms with Gasteiger partial charge in [0.15, 0.2) is 0 Å². The molecule has 0 aliphatic rings. The van der Waals surface area contributed by atoms with E-state index in [1.54, 1.807) is 48.8 Å². The largest absolute Gasteiger partial charge is 0.507 e. The van der Waals surface area contributed by atoms with Gasteiger partial charge in [-0.1, -0.05) is 24.3 Å². The van der Waals surface area contributed by atoms with Crippen LogP contribution in [0.25, 0.3) is 0 Å². The fourth-order valence-electron chi connectivity index (χ4n) is 1.85. The summed E-state index contributed by atoms with van der Waals surface area (Å²) in [7, 11) is 0. The second kappa shape index (κ2) is 8.51. The molecule has 0 heterocycles. The van der Waals surface area contributed by atoms with E-state index in [0.29, 0.717) is 17.7 Å². The summed E-state index contributed by atoms with van der Waals surface area (Å²) < 4.78 is 0. The van der Waals surface area contributed by atoms with Crippen LogP contribution in [-0.2, 0) is 17.1 Å². The van der Waals surface area contributed by atoms with Crippen molar-refractivity contribution in [3.8, 4) is 11.5 Å². The first-order chi connectivity index (χ1) is 10.5. The monoisotopic (exact) mass is 359 g/mol. The SMILES string of the molecule is CC(C)(CN=Cc1ccccc1O)N=Cc1ccccc1O.[Cu]. The van der Waals surface area contributed by atoms with Crippen molar-refractivity contribution in [3.05, 3.63) is 59.7 Å². The Hall–Kier alpha value is -2.10. The van der Waals surface area contributed by atoms with Gasteiger partial charge in [-0.25, -0.2) is 0 Å². The van der Waals surface area contributed by atoms with E-state index in [9.17, 15) is 10.2 Å². The first-order valence-electron chi connectivity index (χ1n) is 7.09. The molecule has 0 saturated carbocycles. The van der Waals surface area contributed by atoms with Crippen molar-refractivity contribution in [2.75, 3.05) is 6.54 Å². The summed E-state index contributed by atoms with van der Waals surface area (Å²) in [4.78, 5) is 8.83. The molecule has 0 saturated heterocycles. The van der Waals surface area contributed by atoms with E-state index in [0.717, 1.165) is 0 Å². The molecule has 0 spiro atoms. The molecule has 0 atom stereocenters. The zero-order valence-corrected chi connectivity index (χ0v) is 14.0. The fraction of sp³-hybridized carbons (Fsp3) is 0.222. The summed E-state index contributed by atoms with van der Waals surface area (Å²) in [6, 6.07) is 14.1. The van der Waals surface area contributed by atoms with Gasteiger partial charge in [-0.3, -0.25) is 9.98 Å². The minimum absolute atomic E-state index is 0. The predicted octanol–water partition coefficient (Wildman–Crippen LogP) is 3.41. The third-order valence-corrected chi connectivity index (χ3v) is 3.14. The number of aliphatic imine (C=N–C) groups is 2. The number of para-hydroxylation sites is 2. The fourth-order valence-corrected chi connectivity index (χ4v) is 1.85. The van der Waals surface area contributed by atoms with Gasteiger partial charge in [-0.2, -0.15) is 0 Å². The van der Waals surface area contributed by atoms with E-state index in [2.05, 4.69) is 9.98 Å². The number of hydrogen-bond donors (Lipinski definition) is 2. The molecule has 0 amide bonds. The van der Waals surface area contributed by atoms with Crippen LogP contribution in [0.2, 0.25) is 0 Å². The molecule has 2 rings (SSSR count). The Labute approximate surface area is 147 Å². The van der Waals surface area contributed by atoms with E-state index in [-0.39, 0.29) is 28.6 Å². The predicted molar refractivity (Wildman–Crippen MR) is 90.3 cm³/mol. The van der Waals surface area contributed by atoms with Crippen LogP contribution in [0.3, 0.4) is 0 Å². The molecule has 5 heteroatoms. The topological polar surface area (TPSA) is 65.2 Å². The van der Waals surface area contributed by atoms with Crippen molar-refractivity contribution in [2.45, 2.75) is 19.4 Å². The summed E-state index contributed by atoms with van der Waals surface area (Å²) >= 11 is 0. The van der Waals surface area contributed by atoms with Gasteiger partial charge in [0.1, 0.15) is 11.5 Å². The Morgan fingerprint density at radius 2 is 1.35 bits per heavy atom. The van der Waals surface area contributed by atoms with Crippen LogP contribution in [0.4, 0.5) is 0 Å². The number of hydrogen-bond acceptors (Lipinski definition) is 4. The normalized spacial score (nSPS) is 11.7. The van der Waals surface area contributed by atoms with Crippen molar-refractivity contribution in [2.24, 2.45) is 9.98 Å². The standard InChI is InChI=1S/C18H20N2O2.Cu/c1-18(2,20-12-15-8-4-6-10-17(15)22)13-19-11-14-7-3-5-9-16(14)21;/h3-12,21-22H,13H2,1-2H3;. The van der Waals surface area contributed by atoms with Crippen LogP contribution in [0, 0.1) is 0 Å². The maximum Gasteiger partial charge on any atom is 0.124 e. The van der Waals surface area contributed by atoms with Crippen LogP contribution in [0.15, 0.2) is 58.5 Å². The van der Waals surface area contributed by atoms with Gasteiger partial charge in [0.2, 0.25) is 0 Å². The third-order valence-electron chi connectivity index (χ3n) is 3.14. The minimum Gasteiger partial charge on any atom is -0.507 e. The zero-order chi connectivity index (χ0) is 16.0. The average Bonchev–Trinajstić information content (AvgIpc) is 2.48. The minimum atomic E-state index is -0.400. The number of benzene rings is 2. The van der Waals surface area contributed by atoms with Gasteiger partial charge in [0.25, 0.3) is 0 Å². The second-order valence-electron chi connectivity index (χ2n) is 5.66. The first kappa shape index (κ1) is 18.9. The van der Waals surface area contributed by atoms with Crippen molar-refractivity contribution >= 4 is 12.4 Å². The van der Waals surface area contributed by atoms with E-state index in [4.69, 9.17) is 0 Å². The molecular formula is C18H20CuN2O2. The Morgan fingerprint density at radius 3 is 1.87 bits per heavy atom. The van der Waals surface area contributed by atoms with Crippen molar-refractivity contribution < 1.29 is 27.3 Å². The Kier molecular flexibility index (Phi) is 7.01. The number of phenolic OH excluding ortho intramolecular Hbond substituents is 2. The molecule has 125 valence electrons. The van der Waals surface area contributed by atoms with Crippen LogP contribution >= 0.6 is 0 Å². The summed E-state index contributed by atoms with van der Waals surface area (Å²) in [5.41, 5.74) is 0.964. The number of rotatable bonds is 5. The second-order valence-corrected chi connectivity index (χ2v) is 5.66. The molecule has 0 aliphatic carbocycles. The molecular weight excluding hydrogens is 340 g/mol. The molecule has 2 aromatic rings. The Bertz CT molecular complexity index is 697. The molecule has 0 fully saturated rings. The zero-order valence-electron chi connectivity index (χ0n) is 13.1. The van der Waals surface area contributed by atoms with E-state index < -0.39 is 5.54 Å². The van der Waals surface area contributed by atoms with Crippen molar-refractivity contribution in [1.29, 1.82) is 0 Å². The molecule has 4 nitrogen and oxygen atoms in total. The number of aromatic hydroxyl groups is 2. The first-order valence-corrected chi connectivity index (χ1v) is 7.09. The molecule has 0 aromatic heterocycles. The maximum absolute atomic E-state index is 9.71. The third kappa shape index (κ3) is 5.89. The van der Waals surface area contributed by atoms with E-state index >= 15 is 0 Å². The van der Waals surface area contributed by atoms with Crippen LogP contribution in [0.5, 0.6) is 11.5 Å². The molecule has 2 N–H and O–H groups in total. The van der Waals surface area contributed by atoms with Gasteiger partial charge in [-0.15, -0.1) is 0 Å². The van der Waals surface area contributed by atoms with Gasteiger partial charge in [-0.05, 0) is 38.1 Å². The van der Waals surface area contributed by atoms with Crippen LogP contribution < -0.4 is 0 Å². The van der Waals surface area contributed by atoms with Crippen LogP contribution in [0.1, 0.15) is 25.0 Å². The van der Waals surface area contributed by atoms with E-state index in [1.165, 1.54) is 0 Å². The summed E-state index contributed by atoms with van der Waals surface area (Å²) in [6.45, 7) is 4.41. The van der Waals surface area contributed by atoms with Crippen LogP contribution in [-0.4, -0.2) is 34.7 Å². The van der Waals surface area contributed by atoms with Gasteiger partial charge < -0.3 is 10.2 Å². The van der Waals surface area contributed by atoms with E-state index in [1.807, 2.05) is 26.0 Å². The average molecular weight is 360 g/mol. The molecule has 0 aliphatic heterocycles. The van der Waals surface area contributed by atoms with Crippen molar-refractivity contribution in [3.63, 3.8) is 0 Å².